The average Bonchev–Trinajstić information content (AvgIpc) is 2.20. The Hall–Kier alpha value is -0.760. The summed E-state index contributed by atoms with van der Waals surface area (Å²) in [4.78, 5) is 11.9. The lowest BCUT2D eigenvalue weighted by molar-refractivity contribution is -0.116. The van der Waals surface area contributed by atoms with Crippen molar-refractivity contribution in [1.82, 2.24) is 0 Å². The number of aryl methyl sites for hydroxylation is 2. The lowest BCUT2D eigenvalue weighted by Gasteiger charge is -2.17. The van der Waals surface area contributed by atoms with Gasteiger partial charge in [-0.25, -0.2) is 0 Å². The van der Waals surface area contributed by atoms with Crippen molar-refractivity contribution in [3.63, 3.8) is 0 Å². The largest absolute Gasteiger partial charge is 0.298 e. The van der Waals surface area contributed by atoms with E-state index in [2.05, 4.69) is 52.8 Å². The molecule has 0 N–H and O–H groups in total. The number of Topliss-reactive ketones (excluding diaryl/α,β-unsaturated/α-hetero) is 1. The van der Waals surface area contributed by atoms with Gasteiger partial charge in [0.25, 0.3) is 0 Å². The van der Waals surface area contributed by atoms with Crippen LogP contribution in [0.2, 0.25) is 0 Å². The van der Waals surface area contributed by atoms with Crippen LogP contribution < -0.4 is 0 Å². The molecule has 17 heavy (non-hydrogen) atoms. The summed E-state index contributed by atoms with van der Waals surface area (Å²) in [6, 6.07) is 6.30. The van der Waals surface area contributed by atoms with Gasteiger partial charge in [0.1, 0.15) is 5.78 Å². The van der Waals surface area contributed by atoms with E-state index >= 15 is 0 Å². The van der Waals surface area contributed by atoms with Crippen molar-refractivity contribution in [2.75, 3.05) is 5.75 Å². The zero-order chi connectivity index (χ0) is 13.1. The van der Waals surface area contributed by atoms with E-state index < -0.39 is 0 Å². The maximum absolute atomic E-state index is 11.9. The summed E-state index contributed by atoms with van der Waals surface area (Å²) < 4.78 is 0.164. The summed E-state index contributed by atoms with van der Waals surface area (Å²) >= 11 is 1.72. The van der Waals surface area contributed by atoms with E-state index in [1.54, 1.807) is 11.8 Å². The van der Waals surface area contributed by atoms with Crippen LogP contribution in [0.4, 0.5) is 0 Å². The minimum Gasteiger partial charge on any atom is -0.298 e. The van der Waals surface area contributed by atoms with Crippen LogP contribution in [0.1, 0.15) is 37.5 Å². The molecular weight excluding hydrogens is 228 g/mol. The molecule has 94 valence electrons. The molecule has 0 aliphatic rings. The van der Waals surface area contributed by atoms with Crippen LogP contribution in [-0.2, 0) is 11.2 Å². The van der Waals surface area contributed by atoms with E-state index in [1.165, 1.54) is 16.7 Å². The van der Waals surface area contributed by atoms with E-state index in [4.69, 9.17) is 0 Å². The third-order valence-electron chi connectivity index (χ3n) is 2.56. The summed E-state index contributed by atoms with van der Waals surface area (Å²) in [6.45, 7) is 10.6. The van der Waals surface area contributed by atoms with Crippen molar-refractivity contribution in [3.05, 3.63) is 34.9 Å². The Morgan fingerprint density at radius 1 is 1.24 bits per heavy atom. The van der Waals surface area contributed by atoms with Gasteiger partial charge >= 0.3 is 0 Å². The van der Waals surface area contributed by atoms with Crippen molar-refractivity contribution >= 4 is 17.5 Å². The predicted octanol–water partition coefficient (Wildman–Crippen LogP) is 3.95. The molecule has 0 saturated carbocycles. The predicted molar refractivity (Wildman–Crippen MR) is 76.8 cm³/mol. The standard InChI is InChI=1S/C15H22OS/c1-11-6-7-12(2)13(8-11)9-14(16)10-17-15(3,4)5/h6-8H,9-10H2,1-5H3. The normalized spacial score (nSPS) is 11.6. The first-order valence-corrected chi connectivity index (χ1v) is 6.98. The number of ketones is 1. The van der Waals surface area contributed by atoms with E-state index in [-0.39, 0.29) is 4.75 Å². The third kappa shape index (κ3) is 5.40. The van der Waals surface area contributed by atoms with Gasteiger partial charge in [0.2, 0.25) is 0 Å². The van der Waals surface area contributed by atoms with Crippen LogP contribution in [0.5, 0.6) is 0 Å². The van der Waals surface area contributed by atoms with E-state index in [9.17, 15) is 4.79 Å². The highest BCUT2D eigenvalue weighted by Gasteiger charge is 2.14. The molecule has 0 aliphatic heterocycles. The molecule has 2 heteroatoms. The minimum atomic E-state index is 0.164. The van der Waals surface area contributed by atoms with Gasteiger partial charge in [-0.05, 0) is 25.0 Å². The Morgan fingerprint density at radius 3 is 2.47 bits per heavy atom. The summed E-state index contributed by atoms with van der Waals surface area (Å²) in [5.41, 5.74) is 3.61. The van der Waals surface area contributed by atoms with Crippen LogP contribution in [0.3, 0.4) is 0 Å². The van der Waals surface area contributed by atoms with E-state index in [0.29, 0.717) is 18.0 Å². The molecule has 0 spiro atoms. The maximum Gasteiger partial charge on any atom is 0.147 e. The van der Waals surface area contributed by atoms with Crippen LogP contribution in [0, 0.1) is 13.8 Å². The SMILES string of the molecule is Cc1ccc(C)c(CC(=O)CSC(C)(C)C)c1. The molecule has 0 saturated heterocycles. The van der Waals surface area contributed by atoms with Gasteiger partial charge in [0.15, 0.2) is 0 Å². The molecule has 0 fully saturated rings. The van der Waals surface area contributed by atoms with Gasteiger partial charge in [-0.1, -0.05) is 44.5 Å². The fraction of sp³-hybridized carbons (Fsp3) is 0.533. The quantitative estimate of drug-likeness (QED) is 0.805. The Morgan fingerprint density at radius 2 is 1.88 bits per heavy atom. The van der Waals surface area contributed by atoms with E-state index in [0.717, 1.165) is 0 Å². The highest BCUT2D eigenvalue weighted by molar-refractivity contribution is 8.01. The Balaban J connectivity index is 2.59. The van der Waals surface area contributed by atoms with E-state index in [1.807, 2.05) is 0 Å². The second-order valence-electron chi connectivity index (χ2n) is 5.55. The zero-order valence-electron chi connectivity index (χ0n) is 11.5. The van der Waals surface area contributed by atoms with Crippen LogP contribution >= 0.6 is 11.8 Å². The van der Waals surface area contributed by atoms with Gasteiger partial charge in [-0.2, -0.15) is 0 Å². The number of carbonyl (C=O) groups is 1. The lowest BCUT2D eigenvalue weighted by Crippen LogP contribution is -2.14. The van der Waals surface area contributed by atoms with Gasteiger partial charge in [-0.15, -0.1) is 11.8 Å². The summed E-state index contributed by atoms with van der Waals surface area (Å²) in [7, 11) is 0. The zero-order valence-corrected chi connectivity index (χ0v) is 12.3. The molecule has 0 radical (unpaired) electrons. The number of rotatable bonds is 4. The molecule has 1 aromatic carbocycles. The van der Waals surface area contributed by atoms with Crippen LogP contribution in [0.15, 0.2) is 18.2 Å². The topological polar surface area (TPSA) is 17.1 Å². The first-order valence-electron chi connectivity index (χ1n) is 6.00. The molecule has 0 bridgehead atoms. The van der Waals surface area contributed by atoms with Gasteiger partial charge in [0.05, 0.1) is 5.75 Å². The van der Waals surface area contributed by atoms with Crippen molar-refractivity contribution in [3.8, 4) is 0 Å². The highest BCUT2D eigenvalue weighted by atomic mass is 32.2. The number of carbonyl (C=O) groups excluding carboxylic acids is 1. The molecule has 1 rings (SSSR count). The molecule has 0 aliphatic carbocycles. The fourth-order valence-electron chi connectivity index (χ4n) is 1.55. The van der Waals surface area contributed by atoms with Crippen molar-refractivity contribution in [2.24, 2.45) is 0 Å². The molecular formula is C15H22OS. The molecule has 0 atom stereocenters. The fourth-order valence-corrected chi connectivity index (χ4v) is 2.25. The monoisotopic (exact) mass is 250 g/mol. The summed E-state index contributed by atoms with van der Waals surface area (Å²) in [6.07, 6.45) is 0.566. The van der Waals surface area contributed by atoms with Crippen LogP contribution in [0.25, 0.3) is 0 Å². The Kier molecular flexibility index (Phi) is 4.81. The minimum absolute atomic E-state index is 0.164. The second-order valence-corrected chi connectivity index (χ2v) is 7.35. The smallest absolute Gasteiger partial charge is 0.147 e. The van der Waals surface area contributed by atoms with Gasteiger partial charge < -0.3 is 0 Å². The molecule has 1 nitrogen and oxygen atoms in total. The lowest BCUT2D eigenvalue weighted by atomic mass is 10.0. The van der Waals surface area contributed by atoms with Crippen molar-refractivity contribution < 1.29 is 4.79 Å². The number of benzene rings is 1. The molecule has 0 amide bonds. The average molecular weight is 250 g/mol. The molecule has 0 aromatic heterocycles. The molecule has 0 heterocycles. The second kappa shape index (κ2) is 5.72. The number of thioether (sulfide) groups is 1. The van der Waals surface area contributed by atoms with Crippen LogP contribution in [-0.4, -0.2) is 16.3 Å². The first kappa shape index (κ1) is 14.3. The Bertz CT molecular complexity index is 402. The number of hydrogen-bond donors (Lipinski definition) is 0. The summed E-state index contributed by atoms with van der Waals surface area (Å²) in [5.74, 6) is 0.926. The van der Waals surface area contributed by atoms with Gasteiger partial charge in [0, 0.05) is 11.2 Å². The third-order valence-corrected chi connectivity index (χ3v) is 3.89. The maximum atomic E-state index is 11.9. The van der Waals surface area contributed by atoms with Crippen molar-refractivity contribution in [2.45, 2.75) is 45.8 Å². The number of hydrogen-bond acceptors (Lipinski definition) is 2. The summed E-state index contributed by atoms with van der Waals surface area (Å²) in [5, 5.41) is 0. The van der Waals surface area contributed by atoms with Gasteiger partial charge in [-0.3, -0.25) is 4.79 Å². The molecule has 1 aromatic rings. The van der Waals surface area contributed by atoms with Crippen molar-refractivity contribution in [1.29, 1.82) is 0 Å². The first-order chi connectivity index (χ1) is 7.78. The molecule has 0 unspecified atom stereocenters. The highest BCUT2D eigenvalue weighted by Crippen LogP contribution is 2.23. The Labute approximate surface area is 109 Å².